The van der Waals surface area contributed by atoms with Gasteiger partial charge in [0.1, 0.15) is 5.75 Å². The van der Waals surface area contributed by atoms with E-state index in [4.69, 9.17) is 4.74 Å². The number of ether oxygens (including phenoxy) is 1. The molecule has 7 heteroatoms. The summed E-state index contributed by atoms with van der Waals surface area (Å²) in [5, 5.41) is 2.92. The summed E-state index contributed by atoms with van der Waals surface area (Å²) in [7, 11) is -3.18. The molecule has 1 saturated heterocycles. The van der Waals surface area contributed by atoms with Crippen LogP contribution in [0.4, 0.5) is 5.69 Å². The third-order valence-electron chi connectivity index (χ3n) is 4.47. The van der Waals surface area contributed by atoms with Crippen molar-refractivity contribution < 1.29 is 17.9 Å². The predicted molar refractivity (Wildman–Crippen MR) is 104 cm³/mol. The molecule has 0 radical (unpaired) electrons. The summed E-state index contributed by atoms with van der Waals surface area (Å²) < 4.78 is 31.6. The van der Waals surface area contributed by atoms with Crippen molar-refractivity contribution in [1.82, 2.24) is 4.31 Å². The van der Waals surface area contributed by atoms with E-state index in [1.165, 1.54) is 4.31 Å². The van der Waals surface area contributed by atoms with Gasteiger partial charge in [-0.1, -0.05) is 13.3 Å². The second-order valence-corrected chi connectivity index (χ2v) is 9.11. The maximum Gasteiger partial charge on any atom is 0.227 e. The molecule has 1 aliphatic heterocycles. The zero-order valence-electron chi connectivity index (χ0n) is 15.9. The number of hydrogen-bond donors (Lipinski definition) is 1. The van der Waals surface area contributed by atoms with Gasteiger partial charge in [-0.2, -0.15) is 0 Å². The van der Waals surface area contributed by atoms with E-state index in [-0.39, 0.29) is 23.7 Å². The van der Waals surface area contributed by atoms with E-state index in [0.29, 0.717) is 32.4 Å². The summed E-state index contributed by atoms with van der Waals surface area (Å²) >= 11 is 0. The molecule has 0 spiro atoms. The molecule has 1 amide bonds. The normalized spacial score (nSPS) is 16.6. The summed E-state index contributed by atoms with van der Waals surface area (Å²) in [5.41, 5.74) is 0.726. The van der Waals surface area contributed by atoms with Crippen LogP contribution in [-0.4, -0.2) is 43.6 Å². The number of nitrogens with one attached hydrogen (secondary N) is 1. The Morgan fingerprint density at radius 3 is 2.38 bits per heavy atom. The molecule has 0 aliphatic carbocycles. The number of carbonyl (C=O) groups excluding carboxylic acids is 1. The molecule has 1 N–H and O–H groups in total. The quantitative estimate of drug-likeness (QED) is 0.749. The average Bonchev–Trinajstić information content (AvgIpc) is 2.61. The number of benzene rings is 1. The summed E-state index contributed by atoms with van der Waals surface area (Å²) in [5.74, 6) is 0.765. The highest BCUT2D eigenvalue weighted by Gasteiger charge is 2.30. The molecule has 1 aliphatic rings. The Morgan fingerprint density at radius 1 is 1.23 bits per heavy atom. The third kappa shape index (κ3) is 5.99. The second-order valence-electron chi connectivity index (χ2n) is 7.02. The molecule has 1 fully saturated rings. The maximum atomic E-state index is 12.4. The van der Waals surface area contributed by atoms with Crippen LogP contribution in [0.2, 0.25) is 0 Å². The number of nitrogens with zero attached hydrogens (tertiary/aromatic N) is 1. The fourth-order valence-electron chi connectivity index (χ4n) is 2.99. The lowest BCUT2D eigenvalue weighted by Crippen LogP contribution is -2.42. The maximum absolute atomic E-state index is 12.4. The largest absolute Gasteiger partial charge is 0.491 e. The highest BCUT2D eigenvalue weighted by molar-refractivity contribution is 7.89. The first-order chi connectivity index (χ1) is 12.3. The van der Waals surface area contributed by atoms with Crippen molar-refractivity contribution >= 4 is 21.6 Å². The monoisotopic (exact) mass is 382 g/mol. The Kier molecular flexibility index (Phi) is 7.46. The van der Waals surface area contributed by atoms with Gasteiger partial charge in [-0.05, 0) is 57.4 Å². The number of amides is 1. The highest BCUT2D eigenvalue weighted by Crippen LogP contribution is 2.23. The molecular formula is C19H30N2O4S. The molecule has 2 rings (SSSR count). The fourth-order valence-corrected chi connectivity index (χ4v) is 4.66. The van der Waals surface area contributed by atoms with Crippen molar-refractivity contribution in [2.24, 2.45) is 5.92 Å². The van der Waals surface area contributed by atoms with Gasteiger partial charge < -0.3 is 10.1 Å². The van der Waals surface area contributed by atoms with Gasteiger partial charge in [0.2, 0.25) is 15.9 Å². The smallest absolute Gasteiger partial charge is 0.227 e. The van der Waals surface area contributed by atoms with E-state index in [0.717, 1.165) is 17.9 Å². The van der Waals surface area contributed by atoms with E-state index in [1.54, 1.807) is 0 Å². The Bertz CT molecular complexity index is 678. The molecule has 26 heavy (non-hydrogen) atoms. The van der Waals surface area contributed by atoms with Crippen LogP contribution in [0.15, 0.2) is 24.3 Å². The van der Waals surface area contributed by atoms with Crippen molar-refractivity contribution in [1.29, 1.82) is 0 Å². The zero-order valence-corrected chi connectivity index (χ0v) is 16.7. The number of unbranched alkanes of at least 4 members (excludes halogenated alkanes) is 1. The van der Waals surface area contributed by atoms with Crippen molar-refractivity contribution in [3.63, 3.8) is 0 Å². The van der Waals surface area contributed by atoms with E-state index in [9.17, 15) is 13.2 Å². The lowest BCUT2D eigenvalue weighted by Gasteiger charge is -2.30. The van der Waals surface area contributed by atoms with E-state index < -0.39 is 10.0 Å². The minimum absolute atomic E-state index is 0.0480. The van der Waals surface area contributed by atoms with Gasteiger partial charge in [0, 0.05) is 24.7 Å². The standard InChI is InChI=1S/C19H30N2O4S/c1-4-5-14-26(23,24)21-12-10-16(11-13-21)19(22)20-17-6-8-18(9-7-17)25-15(2)3/h6-9,15-16H,4-5,10-14H2,1-3H3,(H,20,22). The van der Waals surface area contributed by atoms with E-state index in [2.05, 4.69) is 5.32 Å². The number of hydrogen-bond acceptors (Lipinski definition) is 4. The number of piperidine rings is 1. The molecule has 146 valence electrons. The first-order valence-corrected chi connectivity index (χ1v) is 11.0. The third-order valence-corrected chi connectivity index (χ3v) is 6.42. The van der Waals surface area contributed by atoms with Gasteiger partial charge in [0.05, 0.1) is 11.9 Å². The van der Waals surface area contributed by atoms with Gasteiger partial charge in [0.25, 0.3) is 0 Å². The first kappa shape index (κ1) is 20.7. The molecular weight excluding hydrogens is 352 g/mol. The molecule has 1 heterocycles. The summed E-state index contributed by atoms with van der Waals surface area (Å²) in [6, 6.07) is 7.30. The molecule has 0 bridgehead atoms. The number of sulfonamides is 1. The fraction of sp³-hybridized carbons (Fsp3) is 0.632. The highest BCUT2D eigenvalue weighted by atomic mass is 32.2. The molecule has 1 aromatic carbocycles. The molecule has 1 aromatic rings. The van der Waals surface area contributed by atoms with Gasteiger partial charge >= 0.3 is 0 Å². The van der Waals surface area contributed by atoms with Crippen LogP contribution in [-0.2, 0) is 14.8 Å². The Balaban J connectivity index is 1.84. The molecule has 0 atom stereocenters. The number of anilines is 1. The van der Waals surface area contributed by atoms with E-state index >= 15 is 0 Å². The van der Waals surface area contributed by atoms with Crippen LogP contribution in [0, 0.1) is 5.92 Å². The summed E-state index contributed by atoms with van der Waals surface area (Å²) in [6.45, 7) is 6.75. The van der Waals surface area contributed by atoms with Crippen LogP contribution in [0.5, 0.6) is 5.75 Å². The lowest BCUT2D eigenvalue weighted by molar-refractivity contribution is -0.120. The van der Waals surface area contributed by atoms with Gasteiger partial charge in [-0.15, -0.1) is 0 Å². The van der Waals surface area contributed by atoms with Gasteiger partial charge in [-0.25, -0.2) is 12.7 Å². The number of rotatable bonds is 8. The minimum Gasteiger partial charge on any atom is -0.491 e. The molecule has 0 unspecified atom stereocenters. The molecule has 0 saturated carbocycles. The van der Waals surface area contributed by atoms with Crippen molar-refractivity contribution in [3.05, 3.63) is 24.3 Å². The average molecular weight is 383 g/mol. The summed E-state index contributed by atoms with van der Waals surface area (Å²) in [6.07, 6.45) is 2.77. The SMILES string of the molecule is CCCCS(=O)(=O)N1CCC(C(=O)Nc2ccc(OC(C)C)cc2)CC1. The lowest BCUT2D eigenvalue weighted by atomic mass is 9.97. The Labute approximate surface area is 157 Å². The zero-order chi connectivity index (χ0) is 19.2. The van der Waals surface area contributed by atoms with E-state index in [1.807, 2.05) is 45.0 Å². The van der Waals surface area contributed by atoms with Crippen LogP contribution in [0.25, 0.3) is 0 Å². The molecule has 6 nitrogen and oxygen atoms in total. The first-order valence-electron chi connectivity index (χ1n) is 9.37. The Hall–Kier alpha value is -1.60. The second kappa shape index (κ2) is 9.37. The van der Waals surface area contributed by atoms with Crippen molar-refractivity contribution in [3.8, 4) is 5.75 Å². The minimum atomic E-state index is -3.18. The van der Waals surface area contributed by atoms with Gasteiger partial charge in [0.15, 0.2) is 0 Å². The van der Waals surface area contributed by atoms with Crippen LogP contribution in [0.3, 0.4) is 0 Å². The summed E-state index contributed by atoms with van der Waals surface area (Å²) in [4.78, 5) is 12.4. The van der Waals surface area contributed by atoms with Crippen molar-refractivity contribution in [2.45, 2.75) is 52.6 Å². The predicted octanol–water partition coefficient (Wildman–Crippen LogP) is 3.25. The Morgan fingerprint density at radius 2 is 1.85 bits per heavy atom. The molecule has 0 aromatic heterocycles. The van der Waals surface area contributed by atoms with Crippen molar-refractivity contribution in [2.75, 3.05) is 24.2 Å². The van der Waals surface area contributed by atoms with Crippen LogP contribution >= 0.6 is 0 Å². The van der Waals surface area contributed by atoms with Crippen LogP contribution < -0.4 is 10.1 Å². The topological polar surface area (TPSA) is 75.7 Å². The number of carbonyl (C=O) groups is 1. The van der Waals surface area contributed by atoms with Gasteiger partial charge in [-0.3, -0.25) is 4.79 Å². The van der Waals surface area contributed by atoms with Crippen LogP contribution in [0.1, 0.15) is 46.5 Å².